The molecule has 3 aliphatic rings. The first-order valence-electron chi connectivity index (χ1n) is 8.67. The number of rotatable bonds is 3. The molecule has 1 aromatic heterocycles. The fourth-order valence-electron chi connectivity index (χ4n) is 4.38. The Hall–Kier alpha value is -1.78. The molecule has 0 spiro atoms. The van der Waals surface area contributed by atoms with Crippen LogP contribution in [0.2, 0.25) is 0 Å². The second-order valence-corrected chi connectivity index (χ2v) is 8.30. The van der Waals surface area contributed by atoms with Crippen LogP contribution < -0.4 is 0 Å². The van der Waals surface area contributed by atoms with E-state index in [0.29, 0.717) is 29.4 Å². The van der Waals surface area contributed by atoms with Crippen molar-refractivity contribution in [3.8, 4) is 0 Å². The molecule has 3 atom stereocenters. The van der Waals surface area contributed by atoms with Crippen molar-refractivity contribution in [3.63, 3.8) is 0 Å². The lowest BCUT2D eigenvalue weighted by atomic mass is 9.44. The van der Waals surface area contributed by atoms with Crippen LogP contribution in [0.25, 0.3) is 0 Å². The molecule has 0 radical (unpaired) electrons. The number of hydrogen-bond acceptors (Lipinski definition) is 5. The van der Waals surface area contributed by atoms with Gasteiger partial charge in [0.25, 0.3) is 0 Å². The smallest absolute Gasteiger partial charge is 0.342 e. The largest absolute Gasteiger partial charge is 0.447 e. The Balaban J connectivity index is 1.91. The Morgan fingerprint density at radius 2 is 2.00 bits per heavy atom. The highest BCUT2D eigenvalue weighted by Gasteiger charge is 2.65. The first-order chi connectivity index (χ1) is 11.1. The molecule has 3 saturated carbocycles. The number of carbonyl (C=O) groups excluding carboxylic acids is 2. The molecular weight excluding hydrogens is 304 g/mol. The number of hydrogen-bond donors (Lipinski definition) is 0. The molecule has 2 bridgehead atoms. The van der Waals surface area contributed by atoms with Crippen LogP contribution in [0.1, 0.15) is 75.3 Å². The summed E-state index contributed by atoms with van der Waals surface area (Å²) >= 11 is 0. The zero-order valence-electron chi connectivity index (χ0n) is 15.3. The molecule has 0 saturated heterocycles. The van der Waals surface area contributed by atoms with Gasteiger partial charge in [-0.15, -0.1) is 0 Å². The highest BCUT2D eigenvalue weighted by molar-refractivity contribution is 5.96. The van der Waals surface area contributed by atoms with Gasteiger partial charge in [0.15, 0.2) is 11.4 Å². The molecule has 3 aliphatic carbocycles. The maximum absolute atomic E-state index is 12.8. The molecule has 130 valence electrons. The standard InChI is InChI=1S/C19H26N2O3/c1-10(2)16-13(9-20-11(3)21-16)17(23)24-19(6)14-7-12(8-15(19)22)18(14,4)5/h9-10,12,14H,7-8H2,1-6H3/t12?,14?,19-/m1/s1. The number of nitrogens with zero attached hydrogens (tertiary/aromatic N) is 2. The number of ketones is 1. The third-order valence-electron chi connectivity index (χ3n) is 6.13. The lowest BCUT2D eigenvalue weighted by Gasteiger charge is -2.62. The molecule has 0 amide bonds. The predicted octanol–water partition coefficient (Wildman–Crippen LogP) is 3.46. The Morgan fingerprint density at radius 1 is 1.33 bits per heavy atom. The summed E-state index contributed by atoms with van der Waals surface area (Å²) in [6.07, 6.45) is 2.96. The highest BCUT2D eigenvalue weighted by atomic mass is 16.6. The SMILES string of the molecule is Cc1ncc(C(=O)O[C@@]2(C)C(=O)CC3CC2C3(C)C)c(C(C)C)n1. The second-order valence-electron chi connectivity index (χ2n) is 8.30. The molecule has 0 N–H and O–H groups in total. The lowest BCUT2D eigenvalue weighted by Crippen LogP contribution is -2.66. The fourth-order valence-corrected chi connectivity index (χ4v) is 4.38. The molecule has 1 aromatic rings. The molecule has 5 heteroatoms. The van der Waals surface area contributed by atoms with Gasteiger partial charge in [-0.05, 0) is 37.5 Å². The summed E-state index contributed by atoms with van der Waals surface area (Å²) < 4.78 is 5.83. The Labute approximate surface area is 143 Å². The van der Waals surface area contributed by atoms with Crippen molar-refractivity contribution in [2.75, 3.05) is 0 Å². The van der Waals surface area contributed by atoms with Crippen molar-refractivity contribution in [1.29, 1.82) is 0 Å². The van der Waals surface area contributed by atoms with Crippen molar-refractivity contribution < 1.29 is 14.3 Å². The summed E-state index contributed by atoms with van der Waals surface area (Å²) in [6.45, 7) is 11.9. The van der Waals surface area contributed by atoms with Gasteiger partial charge in [0.05, 0.1) is 11.3 Å². The number of Topliss-reactive ketones (excluding diaryl/α,β-unsaturated/α-hetero) is 1. The minimum atomic E-state index is -1.05. The van der Waals surface area contributed by atoms with E-state index in [9.17, 15) is 9.59 Å². The summed E-state index contributed by atoms with van der Waals surface area (Å²) in [7, 11) is 0. The van der Waals surface area contributed by atoms with Gasteiger partial charge in [-0.1, -0.05) is 27.7 Å². The van der Waals surface area contributed by atoms with Gasteiger partial charge in [-0.25, -0.2) is 14.8 Å². The molecule has 0 aromatic carbocycles. The van der Waals surface area contributed by atoms with E-state index in [1.807, 2.05) is 13.8 Å². The fraction of sp³-hybridized carbons (Fsp3) is 0.684. The summed E-state index contributed by atoms with van der Waals surface area (Å²) in [5.41, 5.74) is 0.0243. The monoisotopic (exact) mass is 330 g/mol. The number of esters is 1. The van der Waals surface area contributed by atoms with E-state index in [0.717, 1.165) is 6.42 Å². The second kappa shape index (κ2) is 5.36. The number of carbonyl (C=O) groups is 2. The Morgan fingerprint density at radius 3 is 2.58 bits per heavy atom. The van der Waals surface area contributed by atoms with E-state index in [1.165, 1.54) is 6.20 Å². The highest BCUT2D eigenvalue weighted by Crippen LogP contribution is 2.62. The molecule has 3 fully saturated rings. The Kier molecular flexibility index (Phi) is 3.81. The molecule has 24 heavy (non-hydrogen) atoms. The molecule has 2 unspecified atom stereocenters. The summed E-state index contributed by atoms with van der Waals surface area (Å²) in [4.78, 5) is 33.9. The van der Waals surface area contributed by atoms with Gasteiger partial charge in [0.1, 0.15) is 5.82 Å². The van der Waals surface area contributed by atoms with Gasteiger partial charge in [0.2, 0.25) is 0 Å². The zero-order chi connectivity index (χ0) is 17.9. The van der Waals surface area contributed by atoms with Crippen molar-refractivity contribution >= 4 is 11.8 Å². The normalized spacial score (nSPS) is 30.9. The first-order valence-corrected chi connectivity index (χ1v) is 8.67. The van der Waals surface area contributed by atoms with E-state index in [4.69, 9.17) is 4.74 Å². The molecule has 4 rings (SSSR count). The number of aromatic nitrogens is 2. The van der Waals surface area contributed by atoms with Crippen LogP contribution >= 0.6 is 0 Å². The van der Waals surface area contributed by atoms with Crippen LogP contribution in [0, 0.1) is 24.2 Å². The van der Waals surface area contributed by atoms with Crippen molar-refractivity contribution in [2.24, 2.45) is 17.3 Å². The topological polar surface area (TPSA) is 69.2 Å². The third kappa shape index (κ3) is 2.36. The average molecular weight is 330 g/mol. The molecular formula is C19H26N2O3. The maximum Gasteiger partial charge on any atom is 0.342 e. The number of aryl methyl sites for hydroxylation is 1. The minimum absolute atomic E-state index is 0.0353. The van der Waals surface area contributed by atoms with Gasteiger partial charge >= 0.3 is 5.97 Å². The van der Waals surface area contributed by atoms with E-state index < -0.39 is 11.6 Å². The molecule has 5 nitrogen and oxygen atoms in total. The van der Waals surface area contributed by atoms with Crippen LogP contribution in [-0.4, -0.2) is 27.3 Å². The third-order valence-corrected chi connectivity index (χ3v) is 6.13. The van der Waals surface area contributed by atoms with Gasteiger partial charge in [-0.2, -0.15) is 0 Å². The van der Waals surface area contributed by atoms with Crippen LogP contribution in [0.15, 0.2) is 6.20 Å². The van der Waals surface area contributed by atoms with Crippen LogP contribution in [-0.2, 0) is 9.53 Å². The maximum atomic E-state index is 12.8. The van der Waals surface area contributed by atoms with Crippen molar-refractivity contribution in [1.82, 2.24) is 9.97 Å². The number of ether oxygens (including phenoxy) is 1. The molecule has 0 aliphatic heterocycles. The lowest BCUT2D eigenvalue weighted by molar-refractivity contribution is -0.196. The van der Waals surface area contributed by atoms with Crippen LogP contribution in [0.4, 0.5) is 0 Å². The zero-order valence-corrected chi connectivity index (χ0v) is 15.3. The van der Waals surface area contributed by atoms with E-state index in [2.05, 4.69) is 23.8 Å². The van der Waals surface area contributed by atoms with Gasteiger partial charge in [-0.3, -0.25) is 4.79 Å². The quantitative estimate of drug-likeness (QED) is 0.794. The van der Waals surface area contributed by atoms with E-state index in [-0.39, 0.29) is 23.0 Å². The van der Waals surface area contributed by atoms with Crippen LogP contribution in [0.5, 0.6) is 0 Å². The average Bonchev–Trinajstić information content (AvgIpc) is 2.49. The predicted molar refractivity (Wildman–Crippen MR) is 89.7 cm³/mol. The summed E-state index contributed by atoms with van der Waals surface area (Å²) in [6, 6.07) is 0. The number of fused-ring (bicyclic) bond motifs is 2. The minimum Gasteiger partial charge on any atom is -0.447 e. The van der Waals surface area contributed by atoms with E-state index >= 15 is 0 Å². The van der Waals surface area contributed by atoms with Crippen molar-refractivity contribution in [3.05, 3.63) is 23.3 Å². The van der Waals surface area contributed by atoms with E-state index in [1.54, 1.807) is 13.8 Å². The first kappa shape index (κ1) is 17.1. The van der Waals surface area contributed by atoms with Crippen molar-refractivity contribution in [2.45, 2.75) is 65.9 Å². The summed E-state index contributed by atoms with van der Waals surface area (Å²) in [5.74, 6) is 0.739. The van der Waals surface area contributed by atoms with Gasteiger partial charge < -0.3 is 4.74 Å². The van der Waals surface area contributed by atoms with Gasteiger partial charge in [0, 0.05) is 18.5 Å². The Bertz CT molecular complexity index is 711. The molecule has 1 heterocycles. The van der Waals surface area contributed by atoms with Crippen LogP contribution in [0.3, 0.4) is 0 Å². The summed E-state index contributed by atoms with van der Waals surface area (Å²) in [5, 5.41) is 0.